The molecule has 0 aliphatic rings. The van der Waals surface area contributed by atoms with Crippen molar-refractivity contribution in [1.82, 2.24) is 10.3 Å². The summed E-state index contributed by atoms with van der Waals surface area (Å²) in [5.74, 6) is 2.04. The number of nitrogens with one attached hydrogen (secondary N) is 1. The van der Waals surface area contributed by atoms with E-state index in [0.29, 0.717) is 24.4 Å². The molecule has 0 radical (unpaired) electrons. The van der Waals surface area contributed by atoms with Gasteiger partial charge in [0, 0.05) is 24.1 Å². The maximum Gasteiger partial charge on any atom is 0.251 e. The third-order valence-corrected chi connectivity index (χ3v) is 4.19. The van der Waals surface area contributed by atoms with Gasteiger partial charge < -0.3 is 14.5 Å². The van der Waals surface area contributed by atoms with Crippen molar-refractivity contribution < 1.29 is 13.9 Å². The highest BCUT2D eigenvalue weighted by molar-refractivity contribution is 5.94. The molecular weight excluding hydrogens is 328 g/mol. The van der Waals surface area contributed by atoms with Gasteiger partial charge in [0.15, 0.2) is 0 Å². The lowest BCUT2D eigenvalue weighted by molar-refractivity contribution is 0.0954. The fourth-order valence-corrected chi connectivity index (χ4v) is 2.62. The molecule has 0 saturated heterocycles. The van der Waals surface area contributed by atoms with Crippen molar-refractivity contribution in [2.45, 2.75) is 20.3 Å². The number of ether oxygens (including phenoxy) is 1. The molecule has 0 aliphatic carbocycles. The molecule has 0 unspecified atom stereocenters. The lowest BCUT2D eigenvalue weighted by atomic mass is 10.1. The standard InChI is InChI=1S/C21H22N2O3/c1-14-4-6-16(7-5-14)20(24)22-13-12-19-15(2)26-21(23-19)17-8-10-18(25-3)11-9-17/h4-11H,12-13H2,1-3H3,(H,22,24). The number of hydrogen-bond acceptors (Lipinski definition) is 4. The Kier molecular flexibility index (Phi) is 5.37. The Labute approximate surface area is 153 Å². The Bertz CT molecular complexity index is 881. The van der Waals surface area contributed by atoms with E-state index in [9.17, 15) is 4.79 Å². The fourth-order valence-electron chi connectivity index (χ4n) is 2.62. The first kappa shape index (κ1) is 17.7. The predicted octanol–water partition coefficient (Wildman–Crippen LogP) is 3.94. The van der Waals surface area contributed by atoms with Gasteiger partial charge in [-0.1, -0.05) is 17.7 Å². The summed E-state index contributed by atoms with van der Waals surface area (Å²) < 4.78 is 10.9. The molecule has 0 fully saturated rings. The van der Waals surface area contributed by atoms with Gasteiger partial charge in [-0.3, -0.25) is 4.79 Å². The minimum absolute atomic E-state index is 0.0819. The Morgan fingerprint density at radius 3 is 2.42 bits per heavy atom. The van der Waals surface area contributed by atoms with E-state index in [1.165, 1.54) is 0 Å². The first-order valence-corrected chi connectivity index (χ1v) is 8.52. The van der Waals surface area contributed by atoms with Crippen LogP contribution in [0.3, 0.4) is 0 Å². The van der Waals surface area contributed by atoms with Gasteiger partial charge >= 0.3 is 0 Å². The lowest BCUT2D eigenvalue weighted by Crippen LogP contribution is -2.25. The number of amides is 1. The molecule has 3 rings (SSSR count). The van der Waals surface area contributed by atoms with Crippen LogP contribution in [-0.4, -0.2) is 24.5 Å². The summed E-state index contributed by atoms with van der Waals surface area (Å²) in [5, 5.41) is 2.92. The van der Waals surface area contributed by atoms with Crippen molar-refractivity contribution in [2.24, 2.45) is 0 Å². The van der Waals surface area contributed by atoms with Gasteiger partial charge in [-0.2, -0.15) is 0 Å². The molecule has 134 valence electrons. The summed E-state index contributed by atoms with van der Waals surface area (Å²) in [7, 11) is 1.63. The lowest BCUT2D eigenvalue weighted by Gasteiger charge is -2.04. The van der Waals surface area contributed by atoms with Gasteiger partial charge in [0.1, 0.15) is 11.5 Å². The van der Waals surface area contributed by atoms with E-state index in [1.807, 2.05) is 62.4 Å². The van der Waals surface area contributed by atoms with Gasteiger partial charge in [0.05, 0.1) is 12.8 Å². The molecule has 0 bridgehead atoms. The van der Waals surface area contributed by atoms with Gasteiger partial charge in [0.2, 0.25) is 5.89 Å². The van der Waals surface area contributed by atoms with Gasteiger partial charge in [-0.05, 0) is 50.2 Å². The summed E-state index contributed by atoms with van der Waals surface area (Å²) in [6.45, 7) is 4.38. The van der Waals surface area contributed by atoms with Crippen LogP contribution in [0, 0.1) is 13.8 Å². The number of carbonyl (C=O) groups excluding carboxylic acids is 1. The van der Waals surface area contributed by atoms with Crippen molar-refractivity contribution in [3.05, 3.63) is 71.1 Å². The van der Waals surface area contributed by atoms with Crippen LogP contribution in [0.5, 0.6) is 5.75 Å². The van der Waals surface area contributed by atoms with Crippen LogP contribution in [-0.2, 0) is 6.42 Å². The molecule has 1 amide bonds. The molecule has 0 saturated carbocycles. The topological polar surface area (TPSA) is 64.4 Å². The highest BCUT2D eigenvalue weighted by Gasteiger charge is 2.12. The molecular formula is C21H22N2O3. The maximum absolute atomic E-state index is 12.2. The smallest absolute Gasteiger partial charge is 0.251 e. The zero-order chi connectivity index (χ0) is 18.5. The maximum atomic E-state index is 12.2. The van der Waals surface area contributed by atoms with Crippen molar-refractivity contribution in [3.63, 3.8) is 0 Å². The second-order valence-corrected chi connectivity index (χ2v) is 6.12. The van der Waals surface area contributed by atoms with Gasteiger partial charge in [-0.15, -0.1) is 0 Å². The normalized spacial score (nSPS) is 10.6. The molecule has 5 heteroatoms. The van der Waals surface area contributed by atoms with Crippen LogP contribution in [0.2, 0.25) is 0 Å². The van der Waals surface area contributed by atoms with E-state index in [1.54, 1.807) is 7.11 Å². The Balaban J connectivity index is 1.60. The number of nitrogens with zero attached hydrogens (tertiary/aromatic N) is 1. The van der Waals surface area contributed by atoms with Crippen LogP contribution >= 0.6 is 0 Å². The van der Waals surface area contributed by atoms with Crippen molar-refractivity contribution >= 4 is 5.91 Å². The fraction of sp³-hybridized carbons (Fsp3) is 0.238. The van der Waals surface area contributed by atoms with Crippen LogP contribution in [0.25, 0.3) is 11.5 Å². The summed E-state index contributed by atoms with van der Waals surface area (Å²) in [5.41, 5.74) is 3.53. The minimum Gasteiger partial charge on any atom is -0.497 e. The number of aromatic nitrogens is 1. The zero-order valence-electron chi connectivity index (χ0n) is 15.2. The summed E-state index contributed by atoms with van der Waals surface area (Å²) in [6, 6.07) is 15.1. The molecule has 0 atom stereocenters. The first-order chi connectivity index (χ1) is 12.6. The molecule has 0 aliphatic heterocycles. The van der Waals surface area contributed by atoms with Crippen molar-refractivity contribution in [3.8, 4) is 17.2 Å². The summed E-state index contributed by atoms with van der Waals surface area (Å²) in [6.07, 6.45) is 0.614. The highest BCUT2D eigenvalue weighted by atomic mass is 16.5. The van der Waals surface area contributed by atoms with Gasteiger partial charge in [0.25, 0.3) is 5.91 Å². The van der Waals surface area contributed by atoms with Crippen LogP contribution in [0.15, 0.2) is 52.9 Å². The van der Waals surface area contributed by atoms with E-state index in [4.69, 9.17) is 9.15 Å². The summed E-state index contributed by atoms with van der Waals surface area (Å²) >= 11 is 0. The number of methoxy groups -OCH3 is 1. The Morgan fingerprint density at radius 1 is 1.08 bits per heavy atom. The van der Waals surface area contributed by atoms with E-state index in [2.05, 4.69) is 10.3 Å². The molecule has 1 aromatic heterocycles. The number of aryl methyl sites for hydroxylation is 2. The SMILES string of the molecule is COc1ccc(-c2nc(CCNC(=O)c3ccc(C)cc3)c(C)o2)cc1. The molecule has 2 aromatic carbocycles. The average Bonchev–Trinajstić information content (AvgIpc) is 3.03. The molecule has 0 spiro atoms. The largest absolute Gasteiger partial charge is 0.497 e. The third kappa shape index (κ3) is 4.11. The van der Waals surface area contributed by atoms with Crippen LogP contribution < -0.4 is 10.1 Å². The molecule has 5 nitrogen and oxygen atoms in total. The van der Waals surface area contributed by atoms with E-state index >= 15 is 0 Å². The number of benzene rings is 2. The van der Waals surface area contributed by atoms with Crippen LogP contribution in [0.1, 0.15) is 27.4 Å². The molecule has 1 N–H and O–H groups in total. The second-order valence-electron chi connectivity index (χ2n) is 6.12. The number of hydrogen-bond donors (Lipinski definition) is 1. The number of carbonyl (C=O) groups is 1. The van der Waals surface area contributed by atoms with E-state index in [0.717, 1.165) is 28.3 Å². The predicted molar refractivity (Wildman–Crippen MR) is 100 cm³/mol. The van der Waals surface area contributed by atoms with Gasteiger partial charge in [-0.25, -0.2) is 4.98 Å². The zero-order valence-corrected chi connectivity index (χ0v) is 15.2. The number of rotatable bonds is 6. The monoisotopic (exact) mass is 350 g/mol. The Morgan fingerprint density at radius 2 is 1.77 bits per heavy atom. The van der Waals surface area contributed by atoms with Crippen LogP contribution in [0.4, 0.5) is 0 Å². The van der Waals surface area contributed by atoms with E-state index in [-0.39, 0.29) is 5.91 Å². The first-order valence-electron chi connectivity index (χ1n) is 8.52. The molecule has 26 heavy (non-hydrogen) atoms. The molecule has 3 aromatic rings. The third-order valence-electron chi connectivity index (χ3n) is 4.19. The Hall–Kier alpha value is -3.08. The minimum atomic E-state index is -0.0819. The quantitative estimate of drug-likeness (QED) is 0.731. The average molecular weight is 350 g/mol. The highest BCUT2D eigenvalue weighted by Crippen LogP contribution is 2.24. The van der Waals surface area contributed by atoms with Crippen molar-refractivity contribution in [1.29, 1.82) is 0 Å². The second kappa shape index (κ2) is 7.87. The van der Waals surface area contributed by atoms with Crippen molar-refractivity contribution in [2.75, 3.05) is 13.7 Å². The molecule has 1 heterocycles. The summed E-state index contributed by atoms with van der Waals surface area (Å²) in [4.78, 5) is 16.7. The van der Waals surface area contributed by atoms with E-state index < -0.39 is 0 Å². The number of oxazole rings is 1.